The van der Waals surface area contributed by atoms with Crippen LogP contribution in [0.25, 0.3) is 0 Å². The molecule has 1 rings (SSSR count). The molecule has 0 saturated carbocycles. The molecule has 21 heavy (non-hydrogen) atoms. The first-order valence-electron chi connectivity index (χ1n) is 6.21. The Bertz CT molecular complexity index is 430. The van der Waals surface area contributed by atoms with Gasteiger partial charge in [0.15, 0.2) is 11.5 Å². The van der Waals surface area contributed by atoms with Gasteiger partial charge in [-0.15, -0.1) is 0 Å². The van der Waals surface area contributed by atoms with Crippen LogP contribution < -0.4 is 15.2 Å². The monoisotopic (exact) mass is 327 g/mol. The molecular weight excluding hydrogens is 311 g/mol. The van der Waals surface area contributed by atoms with Crippen LogP contribution in [0.15, 0.2) is 12.1 Å². The van der Waals surface area contributed by atoms with E-state index in [4.69, 9.17) is 26.8 Å². The molecule has 0 aliphatic heterocycles. The maximum Gasteiger partial charge on any atom is 0.411 e. The molecule has 120 valence electrons. The molecule has 0 aliphatic rings. The van der Waals surface area contributed by atoms with Crippen LogP contribution in [0, 0.1) is 0 Å². The number of methoxy groups -OCH3 is 1. The summed E-state index contributed by atoms with van der Waals surface area (Å²) in [6, 6.07) is 3.23. The fourth-order valence-electron chi connectivity index (χ4n) is 1.61. The molecule has 8 heteroatoms. The molecule has 0 amide bonds. The molecule has 0 radical (unpaired) electrons. The summed E-state index contributed by atoms with van der Waals surface area (Å²) in [7, 11) is 1.46. The third kappa shape index (κ3) is 6.41. The fraction of sp³-hybridized carbons (Fsp3) is 0.538. The highest BCUT2D eigenvalue weighted by Crippen LogP contribution is 2.34. The average molecular weight is 328 g/mol. The van der Waals surface area contributed by atoms with Crippen molar-refractivity contribution in [1.82, 2.24) is 0 Å². The Morgan fingerprint density at radius 2 is 1.95 bits per heavy atom. The van der Waals surface area contributed by atoms with E-state index in [2.05, 4.69) is 4.74 Å². The topological polar surface area (TPSA) is 53.7 Å². The van der Waals surface area contributed by atoms with E-state index < -0.39 is 12.8 Å². The summed E-state index contributed by atoms with van der Waals surface area (Å²) in [6.07, 6.45) is -4.00. The van der Waals surface area contributed by atoms with Gasteiger partial charge in [0.2, 0.25) is 0 Å². The van der Waals surface area contributed by atoms with Crippen LogP contribution in [-0.2, 0) is 11.3 Å². The minimum atomic E-state index is -4.31. The number of hydrogen-bond donors (Lipinski definition) is 1. The molecule has 0 bridgehead atoms. The summed E-state index contributed by atoms with van der Waals surface area (Å²) < 4.78 is 50.7. The average Bonchev–Trinajstić information content (AvgIpc) is 2.41. The SMILES string of the molecule is COc1cc(Cl)cc(CN)c1OCCCOCC(F)(F)F. The van der Waals surface area contributed by atoms with Gasteiger partial charge in [0.25, 0.3) is 0 Å². The van der Waals surface area contributed by atoms with E-state index in [0.717, 1.165) is 0 Å². The fourth-order valence-corrected chi connectivity index (χ4v) is 1.84. The number of benzene rings is 1. The lowest BCUT2D eigenvalue weighted by Gasteiger charge is -2.15. The molecule has 0 aromatic heterocycles. The van der Waals surface area contributed by atoms with Gasteiger partial charge in [0, 0.05) is 29.6 Å². The van der Waals surface area contributed by atoms with Crippen molar-refractivity contribution in [3.8, 4) is 11.5 Å². The highest BCUT2D eigenvalue weighted by molar-refractivity contribution is 6.30. The predicted molar refractivity (Wildman–Crippen MR) is 72.9 cm³/mol. The van der Waals surface area contributed by atoms with Gasteiger partial charge in [0.05, 0.1) is 20.3 Å². The van der Waals surface area contributed by atoms with Crippen molar-refractivity contribution in [2.45, 2.75) is 19.1 Å². The Morgan fingerprint density at radius 3 is 2.52 bits per heavy atom. The zero-order valence-corrected chi connectivity index (χ0v) is 12.3. The normalized spacial score (nSPS) is 11.5. The second-order valence-electron chi connectivity index (χ2n) is 4.17. The zero-order chi connectivity index (χ0) is 15.9. The number of hydrogen-bond acceptors (Lipinski definition) is 4. The Kier molecular flexibility index (Phi) is 7.07. The summed E-state index contributed by atoms with van der Waals surface area (Å²) in [4.78, 5) is 0. The molecule has 1 aromatic rings. The third-order valence-corrected chi connectivity index (χ3v) is 2.70. The number of ether oxygens (including phenoxy) is 3. The number of nitrogens with two attached hydrogens (primary N) is 1. The summed E-state index contributed by atoms with van der Waals surface area (Å²) in [5.41, 5.74) is 6.26. The van der Waals surface area contributed by atoms with E-state index >= 15 is 0 Å². The first-order chi connectivity index (χ1) is 9.87. The van der Waals surface area contributed by atoms with E-state index in [1.165, 1.54) is 7.11 Å². The molecule has 0 heterocycles. The second-order valence-corrected chi connectivity index (χ2v) is 4.61. The van der Waals surface area contributed by atoms with Crippen molar-refractivity contribution in [2.75, 3.05) is 26.9 Å². The predicted octanol–water partition coefficient (Wildman–Crippen LogP) is 3.16. The smallest absolute Gasteiger partial charge is 0.411 e. The Hall–Kier alpha value is -1.18. The molecule has 0 spiro atoms. The van der Waals surface area contributed by atoms with Crippen LogP contribution in [0.4, 0.5) is 13.2 Å². The van der Waals surface area contributed by atoms with Gasteiger partial charge in [-0.05, 0) is 6.07 Å². The van der Waals surface area contributed by atoms with Gasteiger partial charge < -0.3 is 19.9 Å². The molecule has 0 saturated heterocycles. The molecule has 0 atom stereocenters. The third-order valence-electron chi connectivity index (χ3n) is 2.48. The van der Waals surface area contributed by atoms with E-state index in [-0.39, 0.29) is 19.8 Å². The molecular formula is C13H17ClF3NO3. The molecule has 0 unspecified atom stereocenters. The maximum absolute atomic E-state index is 11.9. The van der Waals surface area contributed by atoms with Crippen LogP contribution in [0.5, 0.6) is 11.5 Å². The van der Waals surface area contributed by atoms with Crippen molar-refractivity contribution in [3.63, 3.8) is 0 Å². The maximum atomic E-state index is 11.9. The van der Waals surface area contributed by atoms with Crippen LogP contribution in [0.1, 0.15) is 12.0 Å². The first kappa shape index (κ1) is 17.9. The largest absolute Gasteiger partial charge is 0.493 e. The summed E-state index contributed by atoms with van der Waals surface area (Å²) in [5, 5.41) is 0.466. The number of halogens is 4. The van der Waals surface area contributed by atoms with Gasteiger partial charge in [-0.2, -0.15) is 13.2 Å². The summed E-state index contributed by atoms with van der Waals surface area (Å²) in [5.74, 6) is 0.874. The van der Waals surface area contributed by atoms with Crippen LogP contribution in [0.2, 0.25) is 5.02 Å². The molecule has 2 N–H and O–H groups in total. The van der Waals surface area contributed by atoms with Crippen molar-refractivity contribution < 1.29 is 27.4 Å². The Labute approximate surface area is 125 Å². The Balaban J connectivity index is 2.48. The number of alkyl halides is 3. The van der Waals surface area contributed by atoms with Crippen molar-refractivity contribution >= 4 is 11.6 Å². The van der Waals surface area contributed by atoms with Crippen molar-refractivity contribution in [1.29, 1.82) is 0 Å². The van der Waals surface area contributed by atoms with Gasteiger partial charge in [0.1, 0.15) is 6.61 Å². The quantitative estimate of drug-likeness (QED) is 0.745. The van der Waals surface area contributed by atoms with Gasteiger partial charge in [-0.25, -0.2) is 0 Å². The lowest BCUT2D eigenvalue weighted by Crippen LogP contribution is -2.18. The van der Waals surface area contributed by atoms with Gasteiger partial charge in [-0.1, -0.05) is 11.6 Å². The summed E-state index contributed by atoms with van der Waals surface area (Å²) >= 11 is 5.91. The van der Waals surface area contributed by atoms with Crippen molar-refractivity contribution in [3.05, 3.63) is 22.7 Å². The second kappa shape index (κ2) is 8.31. The van der Waals surface area contributed by atoms with E-state index in [1.807, 2.05) is 0 Å². The molecule has 0 aliphatic carbocycles. The van der Waals surface area contributed by atoms with E-state index in [0.29, 0.717) is 28.5 Å². The Morgan fingerprint density at radius 1 is 1.24 bits per heavy atom. The van der Waals surface area contributed by atoms with Gasteiger partial charge in [-0.3, -0.25) is 0 Å². The van der Waals surface area contributed by atoms with E-state index in [9.17, 15) is 13.2 Å². The molecule has 0 fully saturated rings. The van der Waals surface area contributed by atoms with Crippen molar-refractivity contribution in [2.24, 2.45) is 5.73 Å². The minimum Gasteiger partial charge on any atom is -0.493 e. The number of rotatable bonds is 8. The first-order valence-corrected chi connectivity index (χ1v) is 6.59. The highest BCUT2D eigenvalue weighted by atomic mass is 35.5. The lowest BCUT2D eigenvalue weighted by atomic mass is 10.2. The highest BCUT2D eigenvalue weighted by Gasteiger charge is 2.27. The molecule has 4 nitrogen and oxygen atoms in total. The zero-order valence-electron chi connectivity index (χ0n) is 11.5. The standard InChI is InChI=1S/C13H17ClF3NO3/c1-19-11-6-10(14)5-9(7-18)12(11)21-4-2-3-20-8-13(15,16)17/h5-6H,2-4,7-8,18H2,1H3. The minimum absolute atomic E-state index is 0.0482. The van der Waals surface area contributed by atoms with E-state index in [1.54, 1.807) is 12.1 Å². The molecule has 1 aromatic carbocycles. The lowest BCUT2D eigenvalue weighted by molar-refractivity contribution is -0.174. The summed E-state index contributed by atoms with van der Waals surface area (Å²) in [6.45, 7) is -0.918. The van der Waals surface area contributed by atoms with Crippen LogP contribution >= 0.6 is 11.6 Å². The van der Waals surface area contributed by atoms with Crippen LogP contribution in [0.3, 0.4) is 0 Å². The van der Waals surface area contributed by atoms with Gasteiger partial charge >= 0.3 is 6.18 Å². The van der Waals surface area contributed by atoms with Crippen LogP contribution in [-0.4, -0.2) is 33.1 Å².